The van der Waals surface area contributed by atoms with Crippen LogP contribution in [0.2, 0.25) is 0 Å². The highest BCUT2D eigenvalue weighted by molar-refractivity contribution is 5.22. The third-order valence-corrected chi connectivity index (χ3v) is 1.75. The van der Waals surface area contributed by atoms with E-state index in [2.05, 4.69) is 36.6 Å². The maximum atomic E-state index is 3.28. The third kappa shape index (κ3) is 4.19. The van der Waals surface area contributed by atoms with Crippen molar-refractivity contribution in [3.8, 4) is 0 Å². The van der Waals surface area contributed by atoms with Crippen LogP contribution in [0, 0.1) is 0 Å². The van der Waals surface area contributed by atoms with Crippen LogP contribution in [-0.4, -0.2) is 20.1 Å². The molecule has 0 spiro atoms. The molecule has 0 rings (SSSR count). The van der Waals surface area contributed by atoms with Crippen LogP contribution in [0.25, 0.3) is 0 Å². The van der Waals surface area contributed by atoms with Gasteiger partial charge in [-0.3, -0.25) is 0 Å². The zero-order valence-corrected chi connectivity index (χ0v) is 8.57. The molecule has 0 aromatic heterocycles. The molecule has 0 atom stereocenters. The van der Waals surface area contributed by atoms with Crippen molar-refractivity contribution in [3.05, 3.63) is 23.4 Å². The zero-order chi connectivity index (χ0) is 9.40. The molecule has 0 aliphatic carbocycles. The molecular formula is C10H20N2. The van der Waals surface area contributed by atoms with Crippen LogP contribution in [-0.2, 0) is 0 Å². The molecule has 0 unspecified atom stereocenters. The minimum atomic E-state index is 0.920. The molecule has 0 aliphatic heterocycles. The molecule has 0 aromatic rings. The Morgan fingerprint density at radius 3 is 2.50 bits per heavy atom. The molecule has 12 heavy (non-hydrogen) atoms. The molecule has 0 fully saturated rings. The SMILES string of the molecule is C/C=C\C(C)=C(\CNCC)NC. The first-order valence-electron chi connectivity index (χ1n) is 4.47. The largest absolute Gasteiger partial charge is 0.390 e. The Labute approximate surface area is 75.7 Å². The van der Waals surface area contributed by atoms with Gasteiger partial charge < -0.3 is 10.6 Å². The predicted molar refractivity (Wildman–Crippen MR) is 55.1 cm³/mol. The smallest absolute Gasteiger partial charge is 0.0356 e. The second-order valence-corrected chi connectivity index (χ2v) is 2.69. The van der Waals surface area contributed by atoms with E-state index in [1.165, 1.54) is 11.3 Å². The summed E-state index contributed by atoms with van der Waals surface area (Å²) in [6.45, 7) is 8.18. The molecule has 2 heteroatoms. The number of likely N-dealkylation sites (N-methyl/N-ethyl adjacent to an activating group) is 2. The summed E-state index contributed by atoms with van der Waals surface area (Å²) in [5, 5.41) is 6.47. The lowest BCUT2D eigenvalue weighted by Gasteiger charge is -2.09. The molecule has 0 saturated carbocycles. The minimum Gasteiger partial charge on any atom is -0.390 e. The standard InChI is InChI=1S/C10H20N2/c1-5-7-9(3)10(11-4)8-12-6-2/h5,7,11-12H,6,8H2,1-4H3/b7-5-,10-9-. The summed E-state index contributed by atoms with van der Waals surface area (Å²) in [4.78, 5) is 0. The van der Waals surface area contributed by atoms with Gasteiger partial charge in [0.1, 0.15) is 0 Å². The summed E-state index contributed by atoms with van der Waals surface area (Å²) in [6.07, 6.45) is 4.17. The van der Waals surface area contributed by atoms with E-state index in [9.17, 15) is 0 Å². The lowest BCUT2D eigenvalue weighted by atomic mass is 10.2. The Balaban J connectivity index is 4.18. The highest BCUT2D eigenvalue weighted by atomic mass is 14.9. The van der Waals surface area contributed by atoms with Gasteiger partial charge in [-0.2, -0.15) is 0 Å². The Hall–Kier alpha value is -0.760. The van der Waals surface area contributed by atoms with Gasteiger partial charge in [-0.1, -0.05) is 19.1 Å². The topological polar surface area (TPSA) is 24.1 Å². The Bertz CT molecular complexity index is 169. The van der Waals surface area contributed by atoms with E-state index in [1.807, 2.05) is 14.0 Å². The molecule has 2 nitrogen and oxygen atoms in total. The summed E-state index contributed by atoms with van der Waals surface area (Å²) in [5.41, 5.74) is 2.55. The van der Waals surface area contributed by atoms with Gasteiger partial charge in [0.2, 0.25) is 0 Å². The number of nitrogens with one attached hydrogen (secondary N) is 2. The molecule has 0 saturated heterocycles. The summed E-state index contributed by atoms with van der Waals surface area (Å²) in [7, 11) is 1.96. The Morgan fingerprint density at radius 2 is 2.08 bits per heavy atom. The number of allylic oxidation sites excluding steroid dienone is 3. The lowest BCUT2D eigenvalue weighted by Crippen LogP contribution is -2.23. The average molecular weight is 168 g/mol. The van der Waals surface area contributed by atoms with Gasteiger partial charge in [-0.05, 0) is 26.0 Å². The van der Waals surface area contributed by atoms with Crippen LogP contribution in [0.3, 0.4) is 0 Å². The van der Waals surface area contributed by atoms with Crippen molar-refractivity contribution in [3.63, 3.8) is 0 Å². The normalized spacial score (nSPS) is 13.3. The minimum absolute atomic E-state index is 0.920. The first-order valence-corrected chi connectivity index (χ1v) is 4.47. The number of hydrogen-bond acceptors (Lipinski definition) is 2. The van der Waals surface area contributed by atoms with Gasteiger partial charge in [0.25, 0.3) is 0 Å². The lowest BCUT2D eigenvalue weighted by molar-refractivity contribution is 0.734. The Kier molecular flexibility index (Phi) is 6.48. The molecule has 0 bridgehead atoms. The molecule has 70 valence electrons. The summed E-state index contributed by atoms with van der Waals surface area (Å²) in [6, 6.07) is 0. The molecule has 0 aromatic carbocycles. The molecule has 0 aliphatic rings. The fourth-order valence-electron chi connectivity index (χ4n) is 1.03. The van der Waals surface area contributed by atoms with Crippen molar-refractivity contribution in [1.82, 2.24) is 10.6 Å². The van der Waals surface area contributed by atoms with Crippen molar-refractivity contribution in [2.24, 2.45) is 0 Å². The third-order valence-electron chi connectivity index (χ3n) is 1.75. The number of rotatable bonds is 5. The van der Waals surface area contributed by atoms with Gasteiger partial charge in [-0.25, -0.2) is 0 Å². The maximum Gasteiger partial charge on any atom is 0.0356 e. The van der Waals surface area contributed by atoms with E-state index in [4.69, 9.17) is 0 Å². The van der Waals surface area contributed by atoms with Crippen LogP contribution in [0.1, 0.15) is 20.8 Å². The van der Waals surface area contributed by atoms with E-state index in [-0.39, 0.29) is 0 Å². The van der Waals surface area contributed by atoms with Gasteiger partial charge in [0.05, 0.1) is 0 Å². The molecule has 0 amide bonds. The first-order chi connectivity index (χ1) is 5.76. The molecule has 0 heterocycles. The van der Waals surface area contributed by atoms with Crippen LogP contribution < -0.4 is 10.6 Å². The Morgan fingerprint density at radius 1 is 1.42 bits per heavy atom. The van der Waals surface area contributed by atoms with E-state index in [0.717, 1.165) is 13.1 Å². The quantitative estimate of drug-likeness (QED) is 0.610. The fraction of sp³-hybridized carbons (Fsp3) is 0.600. The van der Waals surface area contributed by atoms with Gasteiger partial charge in [0.15, 0.2) is 0 Å². The maximum absolute atomic E-state index is 3.28. The van der Waals surface area contributed by atoms with E-state index in [1.54, 1.807) is 0 Å². The summed E-state index contributed by atoms with van der Waals surface area (Å²) in [5.74, 6) is 0. The van der Waals surface area contributed by atoms with E-state index >= 15 is 0 Å². The van der Waals surface area contributed by atoms with Crippen molar-refractivity contribution >= 4 is 0 Å². The second-order valence-electron chi connectivity index (χ2n) is 2.69. The van der Waals surface area contributed by atoms with Gasteiger partial charge in [0, 0.05) is 19.3 Å². The first kappa shape index (κ1) is 11.2. The second kappa shape index (κ2) is 6.92. The molecule has 0 radical (unpaired) electrons. The zero-order valence-electron chi connectivity index (χ0n) is 8.57. The van der Waals surface area contributed by atoms with Crippen molar-refractivity contribution < 1.29 is 0 Å². The highest BCUT2D eigenvalue weighted by Crippen LogP contribution is 2.00. The van der Waals surface area contributed by atoms with Crippen LogP contribution in [0.4, 0.5) is 0 Å². The summed E-state index contributed by atoms with van der Waals surface area (Å²) >= 11 is 0. The van der Waals surface area contributed by atoms with Gasteiger partial charge >= 0.3 is 0 Å². The summed E-state index contributed by atoms with van der Waals surface area (Å²) < 4.78 is 0. The fourth-order valence-corrected chi connectivity index (χ4v) is 1.03. The monoisotopic (exact) mass is 168 g/mol. The molecular weight excluding hydrogens is 148 g/mol. The van der Waals surface area contributed by atoms with Crippen LogP contribution in [0.5, 0.6) is 0 Å². The van der Waals surface area contributed by atoms with Crippen molar-refractivity contribution in [2.45, 2.75) is 20.8 Å². The number of hydrogen-bond donors (Lipinski definition) is 2. The van der Waals surface area contributed by atoms with Crippen molar-refractivity contribution in [1.29, 1.82) is 0 Å². The van der Waals surface area contributed by atoms with Crippen molar-refractivity contribution in [2.75, 3.05) is 20.1 Å². The van der Waals surface area contributed by atoms with Gasteiger partial charge in [-0.15, -0.1) is 0 Å². The van der Waals surface area contributed by atoms with Crippen LogP contribution in [0.15, 0.2) is 23.4 Å². The van der Waals surface area contributed by atoms with Crippen LogP contribution >= 0.6 is 0 Å². The predicted octanol–water partition coefficient (Wildman–Crippen LogP) is 1.67. The van der Waals surface area contributed by atoms with E-state index < -0.39 is 0 Å². The molecule has 2 N–H and O–H groups in total. The average Bonchev–Trinajstić information content (AvgIpc) is 2.06. The highest BCUT2D eigenvalue weighted by Gasteiger charge is 1.95. The van der Waals surface area contributed by atoms with E-state index in [0.29, 0.717) is 0 Å².